The zero-order chi connectivity index (χ0) is 12.4. The highest BCUT2D eigenvalue weighted by atomic mass is 127. The molecular weight excluding hydrogens is 398 g/mol. The molecule has 2 rings (SSSR count). The maximum absolute atomic E-state index is 12.9. The van der Waals surface area contributed by atoms with Gasteiger partial charge in [0.1, 0.15) is 5.82 Å². The lowest BCUT2D eigenvalue weighted by Crippen LogP contribution is -1.97. The second-order valence-electron chi connectivity index (χ2n) is 3.48. The number of rotatable bonds is 2. The van der Waals surface area contributed by atoms with E-state index >= 15 is 0 Å². The highest BCUT2D eigenvalue weighted by Crippen LogP contribution is 2.30. The molecule has 88 valence electrons. The smallest absolute Gasteiger partial charge is 0.125 e. The summed E-state index contributed by atoms with van der Waals surface area (Å²) in [6, 6.07) is 10.2. The average molecular weight is 407 g/mol. The molecule has 0 fully saturated rings. The largest absolute Gasteiger partial charge is 0.397 e. The van der Waals surface area contributed by atoms with Gasteiger partial charge in [-0.25, -0.2) is 4.39 Å². The van der Waals surface area contributed by atoms with Crippen molar-refractivity contribution in [2.45, 2.75) is 0 Å². The Bertz CT molecular complexity index is 511. The van der Waals surface area contributed by atoms with Crippen molar-refractivity contribution in [2.75, 3.05) is 11.1 Å². The standard InChI is InChI=1S/C12H9BrFIN2/c13-9-6-8(15)2-4-11(9)17-12-3-1-7(14)5-10(12)16/h1-6,17H,16H2. The summed E-state index contributed by atoms with van der Waals surface area (Å²) in [5.74, 6) is -0.338. The first kappa shape index (κ1) is 12.6. The minimum absolute atomic E-state index is 0.338. The summed E-state index contributed by atoms with van der Waals surface area (Å²) in [5, 5.41) is 3.15. The van der Waals surface area contributed by atoms with Crippen LogP contribution >= 0.6 is 38.5 Å². The first-order chi connectivity index (χ1) is 8.06. The summed E-state index contributed by atoms with van der Waals surface area (Å²) in [6.45, 7) is 0. The van der Waals surface area contributed by atoms with Crippen LogP contribution in [0, 0.1) is 9.39 Å². The number of hydrogen-bond acceptors (Lipinski definition) is 2. The van der Waals surface area contributed by atoms with Crippen molar-refractivity contribution in [3.05, 3.63) is 50.3 Å². The molecule has 0 atom stereocenters. The fraction of sp³-hybridized carbons (Fsp3) is 0. The van der Waals surface area contributed by atoms with Crippen LogP contribution in [0.2, 0.25) is 0 Å². The number of nitrogen functional groups attached to an aromatic ring is 1. The third kappa shape index (κ3) is 3.10. The van der Waals surface area contributed by atoms with Crippen LogP contribution in [0.5, 0.6) is 0 Å². The molecule has 0 aromatic heterocycles. The molecule has 0 aliphatic heterocycles. The Morgan fingerprint density at radius 3 is 2.47 bits per heavy atom. The predicted molar refractivity (Wildman–Crippen MR) is 81.0 cm³/mol. The van der Waals surface area contributed by atoms with Gasteiger partial charge in [-0.3, -0.25) is 0 Å². The fourth-order valence-electron chi connectivity index (χ4n) is 1.38. The van der Waals surface area contributed by atoms with E-state index in [0.29, 0.717) is 11.4 Å². The van der Waals surface area contributed by atoms with E-state index in [9.17, 15) is 4.39 Å². The summed E-state index contributed by atoms with van der Waals surface area (Å²) < 4.78 is 15.0. The third-order valence-electron chi connectivity index (χ3n) is 2.21. The molecule has 0 bridgehead atoms. The Labute approximate surface area is 121 Å². The Morgan fingerprint density at radius 1 is 1.12 bits per heavy atom. The Morgan fingerprint density at radius 2 is 1.82 bits per heavy atom. The first-order valence-corrected chi connectivity index (χ1v) is 6.70. The summed E-state index contributed by atoms with van der Waals surface area (Å²) >= 11 is 5.69. The molecule has 0 aliphatic carbocycles. The van der Waals surface area contributed by atoms with Gasteiger partial charge in [0.25, 0.3) is 0 Å². The van der Waals surface area contributed by atoms with Crippen LogP contribution in [0.1, 0.15) is 0 Å². The van der Waals surface area contributed by atoms with Gasteiger partial charge in [-0.2, -0.15) is 0 Å². The molecule has 0 spiro atoms. The second-order valence-corrected chi connectivity index (χ2v) is 5.58. The maximum Gasteiger partial charge on any atom is 0.125 e. The quantitative estimate of drug-likeness (QED) is 0.568. The van der Waals surface area contributed by atoms with Gasteiger partial charge in [0.05, 0.1) is 17.1 Å². The summed E-state index contributed by atoms with van der Waals surface area (Å²) in [7, 11) is 0. The topological polar surface area (TPSA) is 38.0 Å². The molecule has 2 aromatic rings. The molecule has 17 heavy (non-hydrogen) atoms. The van der Waals surface area contributed by atoms with E-state index in [2.05, 4.69) is 43.8 Å². The van der Waals surface area contributed by atoms with Crippen molar-refractivity contribution in [1.82, 2.24) is 0 Å². The molecule has 2 nitrogen and oxygen atoms in total. The van der Waals surface area contributed by atoms with Gasteiger partial charge in [-0.05, 0) is 74.9 Å². The van der Waals surface area contributed by atoms with Crippen LogP contribution in [-0.2, 0) is 0 Å². The van der Waals surface area contributed by atoms with E-state index in [1.807, 2.05) is 18.2 Å². The van der Waals surface area contributed by atoms with Crippen molar-refractivity contribution in [3.63, 3.8) is 0 Å². The molecular formula is C12H9BrFIN2. The van der Waals surface area contributed by atoms with Crippen molar-refractivity contribution in [2.24, 2.45) is 0 Å². The zero-order valence-corrected chi connectivity index (χ0v) is 12.4. The van der Waals surface area contributed by atoms with Crippen molar-refractivity contribution in [1.29, 1.82) is 0 Å². The number of hydrogen-bond donors (Lipinski definition) is 2. The van der Waals surface area contributed by atoms with Gasteiger partial charge in [-0.1, -0.05) is 0 Å². The van der Waals surface area contributed by atoms with Crippen LogP contribution in [0.3, 0.4) is 0 Å². The SMILES string of the molecule is Nc1cc(F)ccc1Nc1ccc(I)cc1Br. The van der Waals surface area contributed by atoms with Gasteiger partial charge in [0.15, 0.2) is 0 Å². The van der Waals surface area contributed by atoms with E-state index in [1.165, 1.54) is 12.1 Å². The first-order valence-electron chi connectivity index (χ1n) is 4.83. The molecule has 0 radical (unpaired) electrons. The lowest BCUT2D eigenvalue weighted by molar-refractivity contribution is 0.628. The molecule has 0 saturated carbocycles. The summed E-state index contributed by atoms with van der Waals surface area (Å²) in [6.07, 6.45) is 0. The maximum atomic E-state index is 12.9. The monoisotopic (exact) mass is 406 g/mol. The zero-order valence-electron chi connectivity index (χ0n) is 8.68. The predicted octanol–water partition coefficient (Wildman–Crippen LogP) is 4.52. The van der Waals surface area contributed by atoms with E-state index in [-0.39, 0.29) is 5.82 Å². The van der Waals surface area contributed by atoms with E-state index in [1.54, 1.807) is 6.07 Å². The summed E-state index contributed by atoms with van der Waals surface area (Å²) in [5.41, 5.74) is 7.70. The molecule has 0 aliphatic rings. The molecule has 0 unspecified atom stereocenters. The lowest BCUT2D eigenvalue weighted by Gasteiger charge is -2.11. The van der Waals surface area contributed by atoms with Crippen LogP contribution < -0.4 is 11.1 Å². The van der Waals surface area contributed by atoms with Gasteiger partial charge >= 0.3 is 0 Å². The highest BCUT2D eigenvalue weighted by Gasteiger charge is 2.04. The van der Waals surface area contributed by atoms with Gasteiger partial charge < -0.3 is 11.1 Å². The van der Waals surface area contributed by atoms with E-state index < -0.39 is 0 Å². The molecule has 5 heteroatoms. The van der Waals surface area contributed by atoms with Crippen LogP contribution in [0.4, 0.5) is 21.5 Å². The van der Waals surface area contributed by atoms with Crippen molar-refractivity contribution in [3.8, 4) is 0 Å². The van der Waals surface area contributed by atoms with Crippen LogP contribution in [-0.4, -0.2) is 0 Å². The molecule has 0 amide bonds. The summed E-state index contributed by atoms with van der Waals surface area (Å²) in [4.78, 5) is 0. The molecule has 2 aromatic carbocycles. The molecule has 0 heterocycles. The number of nitrogens with two attached hydrogens (primary N) is 1. The van der Waals surface area contributed by atoms with Gasteiger partial charge in [-0.15, -0.1) is 0 Å². The normalized spacial score (nSPS) is 10.3. The third-order valence-corrected chi connectivity index (χ3v) is 3.54. The number of anilines is 3. The Kier molecular flexibility index (Phi) is 3.88. The van der Waals surface area contributed by atoms with E-state index in [0.717, 1.165) is 13.7 Å². The van der Waals surface area contributed by atoms with Gasteiger partial charge in [0.2, 0.25) is 0 Å². The minimum atomic E-state index is -0.338. The minimum Gasteiger partial charge on any atom is -0.397 e. The van der Waals surface area contributed by atoms with Crippen molar-refractivity contribution < 1.29 is 4.39 Å². The number of halogens is 3. The number of benzene rings is 2. The Balaban J connectivity index is 2.31. The van der Waals surface area contributed by atoms with Gasteiger partial charge in [0, 0.05) is 8.04 Å². The number of nitrogens with one attached hydrogen (secondary N) is 1. The van der Waals surface area contributed by atoms with Crippen LogP contribution in [0.15, 0.2) is 40.9 Å². The van der Waals surface area contributed by atoms with E-state index in [4.69, 9.17) is 5.73 Å². The lowest BCUT2D eigenvalue weighted by atomic mass is 10.2. The molecule has 0 saturated heterocycles. The average Bonchev–Trinajstić information content (AvgIpc) is 2.25. The fourth-order valence-corrected chi connectivity index (χ4v) is 2.78. The second kappa shape index (κ2) is 5.22. The van der Waals surface area contributed by atoms with Crippen molar-refractivity contribution >= 4 is 55.6 Å². The van der Waals surface area contributed by atoms with Crippen LogP contribution in [0.25, 0.3) is 0 Å². The highest BCUT2D eigenvalue weighted by molar-refractivity contribution is 14.1. The molecule has 3 N–H and O–H groups in total. The Hall–Kier alpha value is -0.820.